The lowest BCUT2D eigenvalue weighted by Gasteiger charge is -2.09. The molecule has 0 unspecified atom stereocenters. The van der Waals surface area contributed by atoms with Gasteiger partial charge in [-0.3, -0.25) is 0 Å². The average molecular weight is 236 g/mol. The highest BCUT2D eigenvalue weighted by atomic mass is 16.5. The second kappa shape index (κ2) is 6.58. The lowest BCUT2D eigenvalue weighted by Crippen LogP contribution is -1.99. The van der Waals surface area contributed by atoms with Gasteiger partial charge in [0.15, 0.2) is 0 Å². The highest BCUT2D eigenvalue weighted by Gasteiger charge is 2.06. The largest absolute Gasteiger partial charge is 0.496 e. The van der Waals surface area contributed by atoms with Gasteiger partial charge in [0.1, 0.15) is 11.5 Å². The zero-order chi connectivity index (χ0) is 12.7. The van der Waals surface area contributed by atoms with Gasteiger partial charge >= 0.3 is 5.97 Å². The van der Waals surface area contributed by atoms with Crippen LogP contribution in [0.5, 0.6) is 11.5 Å². The van der Waals surface area contributed by atoms with Crippen LogP contribution in [0.25, 0.3) is 6.08 Å². The molecule has 0 amide bonds. The van der Waals surface area contributed by atoms with Crippen molar-refractivity contribution in [3.63, 3.8) is 0 Å². The molecule has 1 aromatic rings. The molecular formula is C13H16O4. The molecule has 0 saturated heterocycles. The number of methoxy groups -OCH3 is 2. The van der Waals surface area contributed by atoms with Crippen molar-refractivity contribution in [3.8, 4) is 11.5 Å². The third-order valence-electron chi connectivity index (χ3n) is 2.14. The Bertz CT molecular complexity index is 388. The molecule has 0 aliphatic heterocycles. The molecule has 0 aliphatic rings. The van der Waals surface area contributed by atoms with E-state index in [1.165, 1.54) is 6.08 Å². The Morgan fingerprint density at radius 2 is 1.82 bits per heavy atom. The van der Waals surface area contributed by atoms with E-state index in [0.29, 0.717) is 23.7 Å². The van der Waals surface area contributed by atoms with Crippen LogP contribution in [0.15, 0.2) is 24.3 Å². The molecular weight excluding hydrogens is 220 g/mol. The molecule has 0 radical (unpaired) electrons. The van der Waals surface area contributed by atoms with Gasteiger partial charge in [0.05, 0.1) is 26.4 Å². The molecule has 0 N–H and O–H groups in total. The number of hydrogen-bond donors (Lipinski definition) is 0. The Morgan fingerprint density at radius 1 is 1.24 bits per heavy atom. The van der Waals surface area contributed by atoms with Gasteiger partial charge in [-0.15, -0.1) is 0 Å². The molecule has 92 valence electrons. The standard InChI is InChI=1S/C13H16O4/c1-4-17-13(14)9-8-10-11(15-2)6-5-7-12(10)16-3/h5-9H,4H2,1-3H3/b9-8+. The minimum atomic E-state index is -0.388. The first-order valence-corrected chi connectivity index (χ1v) is 5.28. The van der Waals surface area contributed by atoms with Crippen molar-refractivity contribution in [2.75, 3.05) is 20.8 Å². The quantitative estimate of drug-likeness (QED) is 0.581. The number of esters is 1. The van der Waals surface area contributed by atoms with Crippen LogP contribution >= 0.6 is 0 Å². The van der Waals surface area contributed by atoms with Gasteiger partial charge in [-0.2, -0.15) is 0 Å². The summed E-state index contributed by atoms with van der Waals surface area (Å²) in [6.45, 7) is 2.11. The number of rotatable bonds is 5. The third-order valence-corrected chi connectivity index (χ3v) is 2.14. The summed E-state index contributed by atoms with van der Waals surface area (Å²) in [4.78, 5) is 11.2. The molecule has 1 aromatic carbocycles. The summed E-state index contributed by atoms with van der Waals surface area (Å²) >= 11 is 0. The molecule has 0 aromatic heterocycles. The first-order chi connectivity index (χ1) is 8.22. The zero-order valence-corrected chi connectivity index (χ0v) is 10.2. The Balaban J connectivity index is 2.99. The number of hydrogen-bond acceptors (Lipinski definition) is 4. The fourth-order valence-electron chi connectivity index (χ4n) is 1.39. The molecule has 0 saturated carbocycles. The van der Waals surface area contributed by atoms with Crippen molar-refractivity contribution in [2.24, 2.45) is 0 Å². The number of carbonyl (C=O) groups excluding carboxylic acids is 1. The fraction of sp³-hybridized carbons (Fsp3) is 0.308. The molecule has 0 bridgehead atoms. The predicted molar refractivity (Wildman–Crippen MR) is 65.2 cm³/mol. The zero-order valence-electron chi connectivity index (χ0n) is 10.2. The molecule has 4 heteroatoms. The molecule has 0 heterocycles. The van der Waals surface area contributed by atoms with Crippen molar-refractivity contribution in [3.05, 3.63) is 29.8 Å². The monoisotopic (exact) mass is 236 g/mol. The van der Waals surface area contributed by atoms with Gasteiger partial charge in [-0.1, -0.05) is 6.07 Å². The molecule has 0 atom stereocenters. The number of benzene rings is 1. The van der Waals surface area contributed by atoms with Crippen LogP contribution in [-0.2, 0) is 9.53 Å². The van der Waals surface area contributed by atoms with E-state index in [-0.39, 0.29) is 5.97 Å². The number of carbonyl (C=O) groups is 1. The first-order valence-electron chi connectivity index (χ1n) is 5.28. The van der Waals surface area contributed by atoms with E-state index in [0.717, 1.165) is 0 Å². The van der Waals surface area contributed by atoms with Crippen molar-refractivity contribution in [1.29, 1.82) is 0 Å². The maximum Gasteiger partial charge on any atom is 0.330 e. The Morgan fingerprint density at radius 3 is 2.29 bits per heavy atom. The van der Waals surface area contributed by atoms with Crippen LogP contribution in [0.1, 0.15) is 12.5 Å². The summed E-state index contributed by atoms with van der Waals surface area (Å²) in [5, 5.41) is 0. The van der Waals surface area contributed by atoms with Crippen molar-refractivity contribution in [2.45, 2.75) is 6.92 Å². The summed E-state index contributed by atoms with van der Waals surface area (Å²) in [6, 6.07) is 5.42. The Kier molecular flexibility index (Phi) is 5.07. The van der Waals surface area contributed by atoms with E-state index in [4.69, 9.17) is 14.2 Å². The Labute approximate surface area is 101 Å². The summed E-state index contributed by atoms with van der Waals surface area (Å²) < 4.78 is 15.2. The fourth-order valence-corrected chi connectivity index (χ4v) is 1.39. The van der Waals surface area contributed by atoms with E-state index >= 15 is 0 Å². The maximum absolute atomic E-state index is 11.2. The van der Waals surface area contributed by atoms with Gasteiger partial charge < -0.3 is 14.2 Å². The van der Waals surface area contributed by atoms with Crippen molar-refractivity contribution < 1.29 is 19.0 Å². The van der Waals surface area contributed by atoms with Crippen LogP contribution in [0, 0.1) is 0 Å². The minimum absolute atomic E-state index is 0.353. The SMILES string of the molecule is CCOC(=O)/C=C/c1c(OC)cccc1OC. The van der Waals surface area contributed by atoms with Crippen LogP contribution in [0.4, 0.5) is 0 Å². The van der Waals surface area contributed by atoms with Crippen LogP contribution < -0.4 is 9.47 Å². The van der Waals surface area contributed by atoms with Gasteiger partial charge in [-0.05, 0) is 25.1 Å². The lowest BCUT2D eigenvalue weighted by atomic mass is 10.1. The summed E-state index contributed by atoms with van der Waals surface area (Å²) in [7, 11) is 3.13. The van der Waals surface area contributed by atoms with Gasteiger partial charge in [0, 0.05) is 6.08 Å². The van der Waals surface area contributed by atoms with Crippen LogP contribution in [0.3, 0.4) is 0 Å². The molecule has 4 nitrogen and oxygen atoms in total. The van der Waals surface area contributed by atoms with Gasteiger partial charge in [0.25, 0.3) is 0 Å². The summed E-state index contributed by atoms with van der Waals surface area (Å²) in [6.07, 6.45) is 2.97. The molecule has 0 spiro atoms. The van der Waals surface area contributed by atoms with Crippen molar-refractivity contribution in [1.82, 2.24) is 0 Å². The molecule has 1 rings (SSSR count). The van der Waals surface area contributed by atoms with Crippen LogP contribution in [0.2, 0.25) is 0 Å². The van der Waals surface area contributed by atoms with E-state index < -0.39 is 0 Å². The second-order valence-corrected chi connectivity index (χ2v) is 3.16. The van der Waals surface area contributed by atoms with Gasteiger partial charge in [-0.25, -0.2) is 4.79 Å². The van der Waals surface area contributed by atoms with E-state index in [2.05, 4.69) is 0 Å². The highest BCUT2D eigenvalue weighted by molar-refractivity contribution is 5.88. The second-order valence-electron chi connectivity index (χ2n) is 3.16. The van der Waals surface area contributed by atoms with E-state index in [1.807, 2.05) is 6.07 Å². The Hall–Kier alpha value is -1.97. The molecule has 0 aliphatic carbocycles. The highest BCUT2D eigenvalue weighted by Crippen LogP contribution is 2.29. The number of ether oxygens (including phenoxy) is 3. The predicted octanol–water partition coefficient (Wildman–Crippen LogP) is 2.28. The van der Waals surface area contributed by atoms with Crippen molar-refractivity contribution >= 4 is 12.0 Å². The van der Waals surface area contributed by atoms with Crippen LogP contribution in [-0.4, -0.2) is 26.8 Å². The van der Waals surface area contributed by atoms with E-state index in [9.17, 15) is 4.79 Å². The summed E-state index contributed by atoms with van der Waals surface area (Å²) in [5.74, 6) is 0.898. The van der Waals surface area contributed by atoms with Gasteiger partial charge in [0.2, 0.25) is 0 Å². The smallest absolute Gasteiger partial charge is 0.330 e. The minimum Gasteiger partial charge on any atom is -0.496 e. The topological polar surface area (TPSA) is 44.8 Å². The normalized spacial score (nSPS) is 10.3. The molecule has 0 fully saturated rings. The van der Waals surface area contributed by atoms with E-state index in [1.54, 1.807) is 39.4 Å². The average Bonchev–Trinajstić information content (AvgIpc) is 2.36. The lowest BCUT2D eigenvalue weighted by molar-refractivity contribution is -0.137. The first kappa shape index (κ1) is 13.1. The molecule has 17 heavy (non-hydrogen) atoms. The third kappa shape index (κ3) is 3.52. The summed E-state index contributed by atoms with van der Waals surface area (Å²) in [5.41, 5.74) is 0.713. The maximum atomic E-state index is 11.2.